The molecule has 2 aromatic rings. The van der Waals surface area contributed by atoms with E-state index in [4.69, 9.17) is 0 Å². The summed E-state index contributed by atoms with van der Waals surface area (Å²) in [5, 5.41) is 3.74. The second kappa shape index (κ2) is 5.90. The number of hydrogen-bond acceptors (Lipinski definition) is 3. The molecular formula is C14H15F2N3O. The van der Waals surface area contributed by atoms with Gasteiger partial charge in [0.1, 0.15) is 18.5 Å². The van der Waals surface area contributed by atoms with Gasteiger partial charge in [0, 0.05) is 12.0 Å². The lowest BCUT2D eigenvalue weighted by Crippen LogP contribution is -2.38. The van der Waals surface area contributed by atoms with E-state index in [1.807, 2.05) is 6.92 Å². The number of benzene rings is 1. The highest BCUT2D eigenvalue weighted by Crippen LogP contribution is 2.29. The van der Waals surface area contributed by atoms with Gasteiger partial charge in [0.25, 0.3) is 5.79 Å². The van der Waals surface area contributed by atoms with Gasteiger partial charge in [0.05, 0.1) is 0 Å². The molecule has 0 aliphatic carbocycles. The molecule has 0 aliphatic rings. The second-order valence-electron chi connectivity index (χ2n) is 4.54. The summed E-state index contributed by atoms with van der Waals surface area (Å²) in [6, 6.07) is 4.81. The van der Waals surface area contributed by atoms with E-state index >= 15 is 4.39 Å². The van der Waals surface area contributed by atoms with Crippen LogP contribution in [0.25, 0.3) is 0 Å². The minimum atomic E-state index is -2.29. The van der Waals surface area contributed by atoms with Crippen molar-refractivity contribution in [2.75, 3.05) is 0 Å². The maximum absolute atomic E-state index is 15.1. The van der Waals surface area contributed by atoms with Crippen molar-refractivity contribution in [1.82, 2.24) is 14.8 Å². The summed E-state index contributed by atoms with van der Waals surface area (Å²) in [7, 11) is 0. The molecule has 0 fully saturated rings. The summed E-state index contributed by atoms with van der Waals surface area (Å²) in [5.74, 6) is -3.50. The molecule has 20 heavy (non-hydrogen) atoms. The lowest BCUT2D eigenvalue weighted by molar-refractivity contribution is 0.0311. The molecule has 1 aromatic heterocycles. The van der Waals surface area contributed by atoms with Gasteiger partial charge >= 0.3 is 0 Å². The molecule has 0 spiro atoms. The van der Waals surface area contributed by atoms with E-state index in [2.05, 4.69) is 10.1 Å². The summed E-state index contributed by atoms with van der Waals surface area (Å²) in [5.41, 5.74) is 0.112. The van der Waals surface area contributed by atoms with E-state index in [1.54, 1.807) is 0 Å². The zero-order chi connectivity index (χ0) is 14.6. The second-order valence-corrected chi connectivity index (χ2v) is 4.54. The smallest absolute Gasteiger partial charge is 0.265 e. The van der Waals surface area contributed by atoms with Gasteiger partial charge in [-0.05, 0) is 30.7 Å². The molecule has 6 heteroatoms. The zero-order valence-electron chi connectivity index (χ0n) is 11.1. The molecule has 0 N–H and O–H groups in total. The Labute approximate surface area is 115 Å². The number of unbranched alkanes of at least 4 members (excludes halogenated alkanes) is 1. The fourth-order valence-corrected chi connectivity index (χ4v) is 1.96. The largest absolute Gasteiger partial charge is 0.288 e. The van der Waals surface area contributed by atoms with Gasteiger partial charge in [-0.2, -0.15) is 5.10 Å². The fourth-order valence-electron chi connectivity index (χ4n) is 1.96. The van der Waals surface area contributed by atoms with Crippen molar-refractivity contribution in [3.05, 3.63) is 48.3 Å². The van der Waals surface area contributed by atoms with Crippen LogP contribution in [0.15, 0.2) is 36.9 Å². The van der Waals surface area contributed by atoms with E-state index in [9.17, 15) is 9.18 Å². The molecule has 0 bridgehead atoms. The highest BCUT2D eigenvalue weighted by atomic mass is 19.1. The highest BCUT2D eigenvalue weighted by Gasteiger charge is 2.41. The quantitative estimate of drug-likeness (QED) is 0.763. The van der Waals surface area contributed by atoms with Crippen molar-refractivity contribution in [2.24, 2.45) is 0 Å². The molecule has 0 aliphatic heterocycles. The van der Waals surface area contributed by atoms with E-state index in [1.165, 1.54) is 24.8 Å². The maximum Gasteiger partial charge on any atom is 0.265 e. The average Bonchev–Trinajstić information content (AvgIpc) is 2.99. The van der Waals surface area contributed by atoms with E-state index in [0.29, 0.717) is 6.42 Å². The minimum absolute atomic E-state index is 0.00305. The number of alkyl halides is 1. The van der Waals surface area contributed by atoms with Crippen LogP contribution in [-0.4, -0.2) is 20.5 Å². The Hall–Kier alpha value is -2.11. The van der Waals surface area contributed by atoms with Crippen LogP contribution in [0.1, 0.15) is 36.5 Å². The van der Waals surface area contributed by atoms with Gasteiger partial charge in [-0.25, -0.2) is 18.4 Å². The number of nitrogens with zero attached hydrogens (tertiary/aromatic N) is 3. The molecule has 0 saturated carbocycles. The Kier molecular flexibility index (Phi) is 4.22. The summed E-state index contributed by atoms with van der Waals surface area (Å²) in [6.45, 7) is 1.91. The highest BCUT2D eigenvalue weighted by molar-refractivity contribution is 6.00. The van der Waals surface area contributed by atoms with Crippen molar-refractivity contribution >= 4 is 5.78 Å². The van der Waals surface area contributed by atoms with E-state index in [-0.39, 0.29) is 12.0 Å². The molecule has 0 amide bonds. The Balaban J connectivity index is 2.36. The van der Waals surface area contributed by atoms with Crippen molar-refractivity contribution in [3.63, 3.8) is 0 Å². The Morgan fingerprint density at radius 3 is 2.60 bits per heavy atom. The zero-order valence-corrected chi connectivity index (χ0v) is 11.1. The first-order valence-electron chi connectivity index (χ1n) is 6.42. The third-order valence-corrected chi connectivity index (χ3v) is 3.10. The topological polar surface area (TPSA) is 47.8 Å². The van der Waals surface area contributed by atoms with E-state index in [0.717, 1.165) is 23.2 Å². The minimum Gasteiger partial charge on any atom is -0.288 e. The molecule has 0 radical (unpaired) electrons. The summed E-state index contributed by atoms with van der Waals surface area (Å²) in [4.78, 5) is 16.1. The standard InChI is InChI=1S/C14H15F2N3O/c1-2-3-8-14(16,19-10-17-9-18-19)13(20)11-4-6-12(15)7-5-11/h4-7,9-10H,2-3,8H2,1H3. The maximum atomic E-state index is 15.1. The van der Waals surface area contributed by atoms with Gasteiger partial charge < -0.3 is 0 Å². The van der Waals surface area contributed by atoms with Crippen LogP contribution in [-0.2, 0) is 5.79 Å². The molecule has 4 nitrogen and oxygen atoms in total. The molecule has 106 valence electrons. The molecule has 1 unspecified atom stereocenters. The summed E-state index contributed by atoms with van der Waals surface area (Å²) >= 11 is 0. The third kappa shape index (κ3) is 2.74. The Morgan fingerprint density at radius 2 is 2.05 bits per heavy atom. The van der Waals surface area contributed by atoms with Crippen molar-refractivity contribution < 1.29 is 13.6 Å². The van der Waals surface area contributed by atoms with Crippen LogP contribution < -0.4 is 0 Å². The van der Waals surface area contributed by atoms with Gasteiger partial charge in [-0.15, -0.1) is 0 Å². The van der Waals surface area contributed by atoms with Crippen LogP contribution in [0.3, 0.4) is 0 Å². The van der Waals surface area contributed by atoms with Crippen molar-refractivity contribution in [2.45, 2.75) is 32.0 Å². The lowest BCUT2D eigenvalue weighted by atomic mass is 9.97. The first kappa shape index (κ1) is 14.3. The first-order chi connectivity index (χ1) is 9.58. The average molecular weight is 279 g/mol. The fraction of sp³-hybridized carbons (Fsp3) is 0.357. The normalized spacial score (nSPS) is 13.9. The monoisotopic (exact) mass is 279 g/mol. The number of hydrogen-bond donors (Lipinski definition) is 0. The molecule has 0 saturated heterocycles. The Bertz CT molecular complexity index is 569. The number of halogens is 2. The van der Waals surface area contributed by atoms with Crippen LogP contribution >= 0.6 is 0 Å². The molecule has 1 aromatic carbocycles. The van der Waals surface area contributed by atoms with Gasteiger partial charge in [0.2, 0.25) is 5.78 Å². The molecular weight excluding hydrogens is 264 g/mol. The Morgan fingerprint density at radius 1 is 1.35 bits per heavy atom. The predicted octanol–water partition coefficient (Wildman–Crippen LogP) is 3.11. The molecule has 1 atom stereocenters. The molecule has 2 rings (SSSR count). The number of Topliss-reactive ketones (excluding diaryl/α,β-unsaturated/α-hetero) is 1. The van der Waals surface area contributed by atoms with E-state index < -0.39 is 17.4 Å². The SMILES string of the molecule is CCCCC(F)(C(=O)c1ccc(F)cc1)n1cncn1. The molecule has 1 heterocycles. The van der Waals surface area contributed by atoms with Crippen molar-refractivity contribution in [1.29, 1.82) is 0 Å². The number of carbonyl (C=O) groups is 1. The number of carbonyl (C=O) groups excluding carboxylic acids is 1. The first-order valence-corrected chi connectivity index (χ1v) is 6.42. The number of ketones is 1. The summed E-state index contributed by atoms with van der Waals surface area (Å²) < 4.78 is 29.0. The van der Waals surface area contributed by atoms with Crippen LogP contribution in [0.5, 0.6) is 0 Å². The number of aromatic nitrogens is 3. The summed E-state index contributed by atoms with van der Waals surface area (Å²) in [6.07, 6.45) is 3.64. The van der Waals surface area contributed by atoms with Gasteiger partial charge in [0.15, 0.2) is 0 Å². The lowest BCUT2D eigenvalue weighted by Gasteiger charge is -2.23. The van der Waals surface area contributed by atoms with Crippen LogP contribution in [0, 0.1) is 5.82 Å². The predicted molar refractivity (Wildman–Crippen MR) is 69.4 cm³/mol. The van der Waals surface area contributed by atoms with Crippen LogP contribution in [0.4, 0.5) is 8.78 Å². The van der Waals surface area contributed by atoms with Gasteiger partial charge in [-0.1, -0.05) is 13.3 Å². The van der Waals surface area contributed by atoms with Crippen molar-refractivity contribution in [3.8, 4) is 0 Å². The van der Waals surface area contributed by atoms with Crippen LogP contribution in [0.2, 0.25) is 0 Å². The number of rotatable bonds is 6. The van der Waals surface area contributed by atoms with Gasteiger partial charge in [-0.3, -0.25) is 4.79 Å². The third-order valence-electron chi connectivity index (χ3n) is 3.10.